The molecule has 0 aliphatic carbocycles. The first kappa shape index (κ1) is 54.8. The van der Waals surface area contributed by atoms with Gasteiger partial charge in [-0.2, -0.15) is 0 Å². The van der Waals surface area contributed by atoms with E-state index >= 15 is 0 Å². The van der Waals surface area contributed by atoms with Crippen molar-refractivity contribution in [2.75, 3.05) is 6.61 Å². The standard InChI is InChI=1S/C51H93NO5/c1-4-7-10-13-16-19-21-23-24-25-26-27-29-32-35-38-41-44-51(56)57-47(42-39-36-33-30-18-15-12-9-6-3)45-50(55)52-48(46-53)49(54)43-40-37-34-31-28-22-20-17-14-11-8-5-2/h16,19,23-24,26-27,32,35,47-49,53-54H,4-15,17-18,20-22,25,28-31,33-34,36-46H2,1-3H3,(H,52,55)/b19-16-,24-23-,27-26-,35-32-. The van der Waals surface area contributed by atoms with E-state index in [0.29, 0.717) is 25.7 Å². The van der Waals surface area contributed by atoms with Crippen molar-refractivity contribution in [1.82, 2.24) is 5.32 Å². The Balaban J connectivity index is 4.58. The van der Waals surface area contributed by atoms with Gasteiger partial charge in [0, 0.05) is 6.42 Å². The summed E-state index contributed by atoms with van der Waals surface area (Å²) in [4.78, 5) is 26.0. The average molecular weight is 800 g/mol. The van der Waals surface area contributed by atoms with Crippen molar-refractivity contribution in [2.45, 2.75) is 257 Å². The number of amides is 1. The number of aliphatic hydroxyl groups is 2. The lowest BCUT2D eigenvalue weighted by molar-refractivity contribution is -0.151. The van der Waals surface area contributed by atoms with E-state index in [9.17, 15) is 19.8 Å². The van der Waals surface area contributed by atoms with Crippen molar-refractivity contribution >= 4 is 11.9 Å². The molecule has 3 unspecified atom stereocenters. The first-order valence-electron chi connectivity index (χ1n) is 24.4. The number of carbonyl (C=O) groups is 2. The van der Waals surface area contributed by atoms with Crippen LogP contribution in [-0.2, 0) is 14.3 Å². The summed E-state index contributed by atoms with van der Waals surface area (Å²) in [6.07, 6.45) is 53.2. The van der Waals surface area contributed by atoms with Crippen LogP contribution in [0.1, 0.15) is 239 Å². The molecule has 0 aromatic rings. The van der Waals surface area contributed by atoms with E-state index in [1.807, 2.05) is 0 Å². The molecule has 6 nitrogen and oxygen atoms in total. The molecule has 0 rings (SSSR count). The van der Waals surface area contributed by atoms with Gasteiger partial charge in [-0.25, -0.2) is 0 Å². The molecular weight excluding hydrogens is 707 g/mol. The first-order valence-corrected chi connectivity index (χ1v) is 24.4. The van der Waals surface area contributed by atoms with Gasteiger partial charge in [0.15, 0.2) is 0 Å². The number of hydrogen-bond acceptors (Lipinski definition) is 5. The lowest BCUT2D eigenvalue weighted by Crippen LogP contribution is -2.46. The van der Waals surface area contributed by atoms with E-state index in [4.69, 9.17) is 4.74 Å². The number of unbranched alkanes of at least 4 members (excludes halogenated alkanes) is 23. The molecule has 0 bridgehead atoms. The third kappa shape index (κ3) is 40.4. The molecule has 3 N–H and O–H groups in total. The van der Waals surface area contributed by atoms with Crippen molar-refractivity contribution in [3.63, 3.8) is 0 Å². The number of carbonyl (C=O) groups excluding carboxylic acids is 2. The summed E-state index contributed by atoms with van der Waals surface area (Å²) in [5.41, 5.74) is 0. The number of aliphatic hydroxyl groups excluding tert-OH is 2. The van der Waals surface area contributed by atoms with Crippen LogP contribution in [0, 0.1) is 0 Å². The highest BCUT2D eigenvalue weighted by molar-refractivity contribution is 5.77. The summed E-state index contributed by atoms with van der Waals surface area (Å²) in [5.74, 6) is -0.539. The molecular formula is C51H93NO5. The lowest BCUT2D eigenvalue weighted by atomic mass is 10.0. The molecule has 0 heterocycles. The summed E-state index contributed by atoms with van der Waals surface area (Å²) >= 11 is 0. The van der Waals surface area contributed by atoms with Crippen molar-refractivity contribution in [2.24, 2.45) is 0 Å². The summed E-state index contributed by atoms with van der Waals surface area (Å²) in [5, 5.41) is 23.7. The van der Waals surface area contributed by atoms with E-state index in [1.165, 1.54) is 122 Å². The fourth-order valence-electron chi connectivity index (χ4n) is 7.19. The molecule has 57 heavy (non-hydrogen) atoms. The summed E-state index contributed by atoms with van der Waals surface area (Å²) in [7, 11) is 0. The molecule has 0 spiro atoms. The second-order valence-electron chi connectivity index (χ2n) is 16.5. The molecule has 6 heteroatoms. The normalized spacial score (nSPS) is 13.7. The smallest absolute Gasteiger partial charge is 0.306 e. The van der Waals surface area contributed by atoms with Crippen LogP contribution in [0.25, 0.3) is 0 Å². The molecule has 0 saturated carbocycles. The zero-order valence-corrected chi connectivity index (χ0v) is 37.7. The predicted octanol–water partition coefficient (Wildman–Crippen LogP) is 14.3. The molecule has 0 aliphatic rings. The minimum Gasteiger partial charge on any atom is -0.462 e. The van der Waals surface area contributed by atoms with Gasteiger partial charge < -0.3 is 20.3 Å². The Kier molecular flexibility index (Phi) is 43.2. The van der Waals surface area contributed by atoms with Crippen molar-refractivity contribution < 1.29 is 24.5 Å². The molecule has 1 amide bonds. The Hall–Kier alpha value is -2.18. The van der Waals surface area contributed by atoms with Crippen LogP contribution in [0.5, 0.6) is 0 Å². The van der Waals surface area contributed by atoms with Crippen molar-refractivity contribution in [3.05, 3.63) is 48.6 Å². The van der Waals surface area contributed by atoms with E-state index in [0.717, 1.165) is 64.2 Å². The van der Waals surface area contributed by atoms with Crippen LogP contribution in [0.4, 0.5) is 0 Å². The Morgan fingerprint density at radius 3 is 1.35 bits per heavy atom. The summed E-state index contributed by atoms with van der Waals surface area (Å²) in [6, 6.07) is -0.709. The third-order valence-corrected chi connectivity index (χ3v) is 10.9. The molecule has 0 saturated heterocycles. The predicted molar refractivity (Wildman–Crippen MR) is 245 cm³/mol. The van der Waals surface area contributed by atoms with Gasteiger partial charge in [0.05, 0.1) is 25.2 Å². The van der Waals surface area contributed by atoms with E-state index < -0.39 is 18.2 Å². The zero-order valence-electron chi connectivity index (χ0n) is 37.7. The maximum absolute atomic E-state index is 13.1. The monoisotopic (exact) mass is 800 g/mol. The number of allylic oxidation sites excluding steroid dienone is 8. The van der Waals surface area contributed by atoms with Gasteiger partial charge >= 0.3 is 5.97 Å². The van der Waals surface area contributed by atoms with Gasteiger partial charge in [-0.3, -0.25) is 9.59 Å². The van der Waals surface area contributed by atoms with Gasteiger partial charge in [0.1, 0.15) is 6.10 Å². The average Bonchev–Trinajstić information content (AvgIpc) is 3.20. The molecule has 0 fully saturated rings. The second-order valence-corrected chi connectivity index (χ2v) is 16.5. The topological polar surface area (TPSA) is 95.9 Å². The van der Waals surface area contributed by atoms with E-state index in [-0.39, 0.29) is 24.9 Å². The van der Waals surface area contributed by atoms with Crippen LogP contribution in [0.2, 0.25) is 0 Å². The minimum absolute atomic E-state index is 0.0573. The summed E-state index contributed by atoms with van der Waals surface area (Å²) in [6.45, 7) is 6.42. The molecule has 332 valence electrons. The SMILES string of the molecule is CCCCC/C=C\C/C=C\C/C=C\C/C=C\CCCC(=O)OC(CCCCCCCCCCC)CC(=O)NC(CO)C(O)CCCCCCCCCCCCCC. The number of rotatable bonds is 43. The minimum atomic E-state index is -0.793. The molecule has 0 aromatic heterocycles. The van der Waals surface area contributed by atoms with Crippen LogP contribution < -0.4 is 5.32 Å². The van der Waals surface area contributed by atoms with E-state index in [2.05, 4.69) is 74.7 Å². The van der Waals surface area contributed by atoms with E-state index in [1.54, 1.807) is 0 Å². The molecule has 0 aliphatic heterocycles. The van der Waals surface area contributed by atoms with Crippen LogP contribution in [-0.4, -0.2) is 46.9 Å². The van der Waals surface area contributed by atoms with Gasteiger partial charge in [0.2, 0.25) is 5.91 Å². The first-order chi connectivity index (χ1) is 28.0. The van der Waals surface area contributed by atoms with Crippen LogP contribution >= 0.6 is 0 Å². The van der Waals surface area contributed by atoms with Gasteiger partial charge in [-0.1, -0.05) is 211 Å². The quantitative estimate of drug-likeness (QED) is 0.0324. The zero-order chi connectivity index (χ0) is 41.7. The summed E-state index contributed by atoms with van der Waals surface area (Å²) < 4.78 is 5.88. The number of esters is 1. The highest BCUT2D eigenvalue weighted by Gasteiger charge is 2.24. The molecule has 0 aromatic carbocycles. The fourth-order valence-corrected chi connectivity index (χ4v) is 7.19. The fraction of sp³-hybridized carbons (Fsp3) is 0.804. The van der Waals surface area contributed by atoms with Crippen LogP contribution in [0.15, 0.2) is 48.6 Å². The number of ether oxygens (including phenoxy) is 1. The number of hydrogen-bond donors (Lipinski definition) is 3. The Morgan fingerprint density at radius 1 is 0.509 bits per heavy atom. The second kappa shape index (κ2) is 44.9. The van der Waals surface area contributed by atoms with Crippen molar-refractivity contribution in [1.29, 1.82) is 0 Å². The largest absolute Gasteiger partial charge is 0.462 e. The number of nitrogens with one attached hydrogen (secondary N) is 1. The lowest BCUT2D eigenvalue weighted by Gasteiger charge is -2.24. The Bertz CT molecular complexity index is 988. The van der Waals surface area contributed by atoms with Crippen LogP contribution in [0.3, 0.4) is 0 Å². The third-order valence-electron chi connectivity index (χ3n) is 10.9. The van der Waals surface area contributed by atoms with Gasteiger partial charge in [-0.15, -0.1) is 0 Å². The molecule has 3 atom stereocenters. The Morgan fingerprint density at radius 2 is 0.895 bits per heavy atom. The van der Waals surface area contributed by atoms with Gasteiger partial charge in [0.25, 0.3) is 0 Å². The van der Waals surface area contributed by atoms with Gasteiger partial charge in [-0.05, 0) is 64.2 Å². The maximum Gasteiger partial charge on any atom is 0.306 e. The van der Waals surface area contributed by atoms with Crippen molar-refractivity contribution in [3.8, 4) is 0 Å². The molecule has 0 radical (unpaired) electrons. The Labute approximate surface area is 353 Å². The maximum atomic E-state index is 13.1. The highest BCUT2D eigenvalue weighted by atomic mass is 16.5. The highest BCUT2D eigenvalue weighted by Crippen LogP contribution is 2.17.